The Morgan fingerprint density at radius 2 is 1.91 bits per heavy atom. The Labute approximate surface area is 195 Å². The summed E-state index contributed by atoms with van der Waals surface area (Å²) in [5, 5.41) is 3.27. The molecule has 0 saturated carbocycles. The number of amidine groups is 1. The minimum Gasteiger partial charge on any atom is -0.431 e. The maximum atomic E-state index is 12.9. The molecule has 0 aliphatic carbocycles. The number of benzene rings is 2. The van der Waals surface area contributed by atoms with Crippen LogP contribution in [0.15, 0.2) is 65.5 Å². The molecule has 3 amide bonds. The molecule has 4 rings (SSSR count). The molecule has 0 aromatic heterocycles. The zero-order chi connectivity index (χ0) is 23.6. The van der Waals surface area contributed by atoms with E-state index in [1.54, 1.807) is 36.4 Å². The third-order valence-corrected chi connectivity index (χ3v) is 5.61. The molecule has 33 heavy (non-hydrogen) atoms. The lowest BCUT2D eigenvalue weighted by Gasteiger charge is -2.21. The summed E-state index contributed by atoms with van der Waals surface area (Å²) in [7, 11) is -3.46. The van der Waals surface area contributed by atoms with Crippen molar-refractivity contribution in [2.75, 3.05) is 29.4 Å². The van der Waals surface area contributed by atoms with Gasteiger partial charge in [-0.1, -0.05) is 29.8 Å². The topological polar surface area (TPSA) is 120 Å². The van der Waals surface area contributed by atoms with Crippen molar-refractivity contribution in [2.24, 2.45) is 4.99 Å². The molecule has 2 N–H and O–H groups in total. The Hall–Kier alpha value is -3.57. The molecule has 0 bridgehead atoms. The Bertz CT molecular complexity index is 1280. The molecule has 2 aliphatic rings. The van der Waals surface area contributed by atoms with Crippen LogP contribution in [0, 0.1) is 0 Å². The second-order valence-electron chi connectivity index (χ2n) is 7.41. The number of hydrogen-bond donors (Lipinski definition) is 2. The highest BCUT2D eigenvalue weighted by molar-refractivity contribution is 7.92. The smallest absolute Gasteiger partial charge is 0.348 e. The van der Waals surface area contributed by atoms with Gasteiger partial charge >= 0.3 is 12.1 Å². The minimum absolute atomic E-state index is 0.0197. The van der Waals surface area contributed by atoms with Crippen LogP contribution in [-0.4, -0.2) is 55.5 Å². The molecular formula is C21H20ClN5O5S. The standard InChI is InChI=1S/C21H20ClN5O5S/c1-33(30,31)25-17-7-3-6-16(11-17)23-19(28)18-13-32-21-24-20(29)26(8-9-27(18)21)12-14-4-2-5-15(22)10-14/h2-7,10-11,13,25H,8-9,12H2,1H3,(H,23,28). The molecule has 2 aliphatic heterocycles. The van der Waals surface area contributed by atoms with Gasteiger partial charge in [0, 0.05) is 30.3 Å². The van der Waals surface area contributed by atoms with Crippen LogP contribution in [0.25, 0.3) is 0 Å². The number of ether oxygens (including phenoxy) is 1. The Kier molecular flexibility index (Phi) is 6.25. The second-order valence-corrected chi connectivity index (χ2v) is 9.60. The number of anilines is 2. The van der Waals surface area contributed by atoms with Crippen molar-refractivity contribution in [1.29, 1.82) is 0 Å². The number of nitrogens with one attached hydrogen (secondary N) is 2. The first-order valence-electron chi connectivity index (χ1n) is 9.83. The molecular weight excluding hydrogens is 470 g/mol. The highest BCUT2D eigenvalue weighted by Gasteiger charge is 2.33. The maximum absolute atomic E-state index is 12.9. The summed E-state index contributed by atoms with van der Waals surface area (Å²) in [5.74, 6) is -0.493. The summed E-state index contributed by atoms with van der Waals surface area (Å²) in [6.45, 7) is 0.912. The van der Waals surface area contributed by atoms with Gasteiger partial charge in [-0.3, -0.25) is 14.4 Å². The third kappa shape index (κ3) is 5.62. The summed E-state index contributed by atoms with van der Waals surface area (Å²) in [5.41, 5.74) is 1.72. The first kappa shape index (κ1) is 22.6. The Balaban J connectivity index is 1.44. The van der Waals surface area contributed by atoms with Crippen LogP contribution in [0.1, 0.15) is 5.56 Å². The monoisotopic (exact) mass is 489 g/mol. The number of sulfonamides is 1. The number of aliphatic imine (C=N–C) groups is 1. The lowest BCUT2D eigenvalue weighted by Crippen LogP contribution is -2.36. The van der Waals surface area contributed by atoms with Crippen LogP contribution in [0.2, 0.25) is 5.02 Å². The first-order chi connectivity index (χ1) is 15.7. The molecule has 0 spiro atoms. The van der Waals surface area contributed by atoms with Crippen LogP contribution in [0.3, 0.4) is 0 Å². The summed E-state index contributed by atoms with van der Waals surface area (Å²) >= 11 is 6.03. The molecule has 2 aromatic carbocycles. The average molecular weight is 490 g/mol. The van der Waals surface area contributed by atoms with Crippen molar-refractivity contribution in [3.8, 4) is 0 Å². The molecule has 0 atom stereocenters. The molecule has 0 fully saturated rings. The molecule has 2 aromatic rings. The normalized spacial score (nSPS) is 15.8. The van der Waals surface area contributed by atoms with Gasteiger partial charge in [-0.05, 0) is 35.9 Å². The summed E-state index contributed by atoms with van der Waals surface area (Å²) < 4.78 is 30.6. The van der Waals surface area contributed by atoms with E-state index >= 15 is 0 Å². The van der Waals surface area contributed by atoms with Crippen molar-refractivity contribution in [3.05, 3.63) is 71.1 Å². The van der Waals surface area contributed by atoms with E-state index in [0.29, 0.717) is 36.0 Å². The zero-order valence-electron chi connectivity index (χ0n) is 17.5. The van der Waals surface area contributed by atoms with Crippen molar-refractivity contribution >= 4 is 51.0 Å². The predicted octanol–water partition coefficient (Wildman–Crippen LogP) is 2.82. The second kappa shape index (κ2) is 9.12. The van der Waals surface area contributed by atoms with Crippen LogP contribution in [0.4, 0.5) is 16.2 Å². The van der Waals surface area contributed by atoms with Crippen LogP contribution < -0.4 is 10.0 Å². The Morgan fingerprint density at radius 1 is 1.15 bits per heavy atom. The fourth-order valence-corrected chi connectivity index (χ4v) is 4.13. The first-order valence-corrected chi connectivity index (χ1v) is 12.1. The van der Waals surface area contributed by atoms with Gasteiger partial charge < -0.3 is 15.0 Å². The summed E-state index contributed by atoms with van der Waals surface area (Å²) in [6.07, 6.45) is 2.27. The number of nitrogens with zero attached hydrogens (tertiary/aromatic N) is 3. The van der Waals surface area contributed by atoms with E-state index in [4.69, 9.17) is 16.3 Å². The number of urea groups is 1. The molecule has 2 heterocycles. The van der Waals surface area contributed by atoms with E-state index in [9.17, 15) is 18.0 Å². The van der Waals surface area contributed by atoms with E-state index in [-0.39, 0.29) is 11.7 Å². The lowest BCUT2D eigenvalue weighted by molar-refractivity contribution is -0.113. The number of amides is 3. The molecule has 0 saturated heterocycles. The number of carbonyl (C=O) groups excluding carboxylic acids is 2. The fourth-order valence-electron chi connectivity index (χ4n) is 3.36. The van der Waals surface area contributed by atoms with Gasteiger partial charge in [-0.15, -0.1) is 4.99 Å². The van der Waals surface area contributed by atoms with Crippen LogP contribution in [-0.2, 0) is 26.1 Å². The highest BCUT2D eigenvalue weighted by atomic mass is 35.5. The number of halogens is 1. The van der Waals surface area contributed by atoms with Gasteiger partial charge in [0.2, 0.25) is 10.0 Å². The SMILES string of the molecule is CS(=O)(=O)Nc1cccc(NC(=O)C2=COC3=NC(=O)N(Cc4cccc(Cl)c4)CCN23)c1. The van der Waals surface area contributed by atoms with E-state index < -0.39 is 22.0 Å². The number of fused-ring (bicyclic) bond motifs is 1. The van der Waals surface area contributed by atoms with Crippen molar-refractivity contribution in [1.82, 2.24) is 9.80 Å². The summed E-state index contributed by atoms with van der Waals surface area (Å²) in [4.78, 5) is 32.5. The van der Waals surface area contributed by atoms with Gasteiger partial charge in [0.05, 0.1) is 11.9 Å². The van der Waals surface area contributed by atoms with Gasteiger partial charge in [0.25, 0.3) is 5.91 Å². The number of hydrogen-bond acceptors (Lipinski definition) is 6. The summed E-state index contributed by atoms with van der Waals surface area (Å²) in [6, 6.07) is 13.0. The number of rotatable bonds is 6. The molecule has 12 heteroatoms. The van der Waals surface area contributed by atoms with Crippen molar-refractivity contribution < 1.29 is 22.7 Å². The van der Waals surface area contributed by atoms with Gasteiger partial charge in [0.15, 0.2) is 0 Å². The predicted molar refractivity (Wildman–Crippen MR) is 124 cm³/mol. The van der Waals surface area contributed by atoms with Crippen LogP contribution in [0.5, 0.6) is 0 Å². The van der Waals surface area contributed by atoms with Gasteiger partial charge in [-0.2, -0.15) is 0 Å². The Morgan fingerprint density at radius 3 is 2.67 bits per heavy atom. The van der Waals surface area contributed by atoms with E-state index in [1.807, 2.05) is 6.07 Å². The van der Waals surface area contributed by atoms with Gasteiger partial charge in [0.1, 0.15) is 12.0 Å². The quantitative estimate of drug-likeness (QED) is 0.643. The van der Waals surface area contributed by atoms with E-state index in [0.717, 1.165) is 11.8 Å². The van der Waals surface area contributed by atoms with E-state index in [2.05, 4.69) is 15.0 Å². The fraction of sp³-hybridized carbons (Fsp3) is 0.190. The maximum Gasteiger partial charge on any atom is 0.348 e. The lowest BCUT2D eigenvalue weighted by atomic mass is 10.2. The largest absolute Gasteiger partial charge is 0.431 e. The molecule has 10 nitrogen and oxygen atoms in total. The molecule has 0 unspecified atom stereocenters. The number of carbonyl (C=O) groups is 2. The third-order valence-electron chi connectivity index (χ3n) is 4.77. The van der Waals surface area contributed by atoms with E-state index in [1.165, 1.54) is 22.1 Å². The zero-order valence-corrected chi connectivity index (χ0v) is 19.1. The molecule has 172 valence electrons. The van der Waals surface area contributed by atoms with Crippen molar-refractivity contribution in [3.63, 3.8) is 0 Å². The molecule has 0 radical (unpaired) electrons. The minimum atomic E-state index is -3.46. The van der Waals surface area contributed by atoms with Crippen molar-refractivity contribution in [2.45, 2.75) is 6.54 Å². The average Bonchev–Trinajstić information content (AvgIpc) is 3.05. The van der Waals surface area contributed by atoms with Gasteiger partial charge in [-0.25, -0.2) is 13.2 Å². The van der Waals surface area contributed by atoms with Crippen LogP contribution >= 0.6 is 11.6 Å². The highest BCUT2D eigenvalue weighted by Crippen LogP contribution is 2.23.